The number of ketones is 1. The van der Waals surface area contributed by atoms with Gasteiger partial charge in [-0.25, -0.2) is 0 Å². The van der Waals surface area contributed by atoms with Crippen LogP contribution in [0.1, 0.15) is 76.2 Å². The summed E-state index contributed by atoms with van der Waals surface area (Å²) in [5, 5.41) is 0. The summed E-state index contributed by atoms with van der Waals surface area (Å²) in [6, 6.07) is 7.52. The van der Waals surface area contributed by atoms with Gasteiger partial charge in [-0.05, 0) is 51.5 Å². The van der Waals surface area contributed by atoms with Crippen molar-refractivity contribution >= 4 is 11.5 Å². The van der Waals surface area contributed by atoms with E-state index >= 15 is 0 Å². The van der Waals surface area contributed by atoms with E-state index in [1.807, 2.05) is 24.3 Å². The Morgan fingerprint density at radius 3 is 1.82 bits per heavy atom. The van der Waals surface area contributed by atoms with Gasteiger partial charge < -0.3 is 29.7 Å². The normalized spacial score (nSPS) is 12.2. The van der Waals surface area contributed by atoms with Crippen LogP contribution < -0.4 is 19.9 Å². The highest BCUT2D eigenvalue weighted by molar-refractivity contribution is 6.26. The summed E-state index contributed by atoms with van der Waals surface area (Å²) in [6.45, 7) is 18.5. The van der Waals surface area contributed by atoms with Gasteiger partial charge in [0.1, 0.15) is 17.2 Å². The maximum Gasteiger partial charge on any atom is 0.196 e. The molecule has 2 aromatic carbocycles. The molecule has 7 heteroatoms. The minimum absolute atomic E-state index is 0.102. The number of hydrogen-bond acceptors (Lipinski definition) is 7. The van der Waals surface area contributed by atoms with Crippen LogP contribution >= 0.6 is 0 Å². The first-order valence-electron chi connectivity index (χ1n) is 14.5. The summed E-state index contributed by atoms with van der Waals surface area (Å²) in [5.41, 5.74) is 9.55. The Kier molecular flexibility index (Phi) is 11.7. The van der Waals surface area contributed by atoms with Crippen molar-refractivity contribution in [3.05, 3.63) is 35.4 Å². The number of ether oxygens (including phenoxy) is 3. The molecule has 2 aromatic rings. The minimum atomic E-state index is -0.102. The zero-order valence-electron chi connectivity index (χ0n) is 24.1. The molecule has 0 unspecified atom stereocenters. The summed E-state index contributed by atoms with van der Waals surface area (Å²) in [5.74, 6) is 1.74. The third kappa shape index (κ3) is 7.00. The highest BCUT2D eigenvalue weighted by Crippen LogP contribution is 2.52. The third-order valence-corrected chi connectivity index (χ3v) is 7.34. The van der Waals surface area contributed by atoms with Crippen LogP contribution in [-0.4, -0.2) is 74.7 Å². The number of nitrogens with two attached hydrogens (primary N) is 1. The average molecular weight is 526 g/mol. The summed E-state index contributed by atoms with van der Waals surface area (Å²) >= 11 is 0. The molecule has 1 aliphatic carbocycles. The standard InChI is InChI=1S/C31H47N3O4/c1-6-11-19-37-25-22-26(38-21-14-18-34(9-4)10-5)30(32)29-28(25)27-23(31(29)35)15-12-16-24(27)36-20-13-17-33(7-2)8-3/h12,15-16,22H,6-11,13-14,17-21,32H2,1-5H3. The van der Waals surface area contributed by atoms with Crippen LogP contribution in [0.25, 0.3) is 11.1 Å². The van der Waals surface area contributed by atoms with E-state index in [4.69, 9.17) is 19.9 Å². The van der Waals surface area contributed by atoms with Crippen LogP contribution in [0.15, 0.2) is 24.3 Å². The number of carbonyl (C=O) groups excluding carboxylic acids is 1. The number of nitrogens with zero attached hydrogens (tertiary/aromatic N) is 2. The molecule has 0 saturated carbocycles. The number of nitrogen functional groups attached to an aromatic ring is 1. The lowest BCUT2D eigenvalue weighted by Gasteiger charge is -2.20. The summed E-state index contributed by atoms with van der Waals surface area (Å²) in [4.78, 5) is 18.4. The Bertz CT molecular complexity index is 1050. The molecule has 0 saturated heterocycles. The number of carbonyl (C=O) groups is 1. The first kappa shape index (κ1) is 29.8. The van der Waals surface area contributed by atoms with Crippen molar-refractivity contribution < 1.29 is 19.0 Å². The van der Waals surface area contributed by atoms with Gasteiger partial charge in [0.05, 0.1) is 31.1 Å². The van der Waals surface area contributed by atoms with Crippen molar-refractivity contribution in [3.8, 4) is 28.4 Å². The Morgan fingerprint density at radius 2 is 1.24 bits per heavy atom. The van der Waals surface area contributed by atoms with Crippen LogP contribution in [-0.2, 0) is 0 Å². The zero-order chi connectivity index (χ0) is 27.5. The monoisotopic (exact) mass is 525 g/mol. The fraction of sp³-hybridized carbons (Fsp3) is 0.581. The fourth-order valence-corrected chi connectivity index (χ4v) is 4.95. The molecule has 0 amide bonds. The number of anilines is 1. The second-order valence-electron chi connectivity index (χ2n) is 9.70. The van der Waals surface area contributed by atoms with E-state index in [0.717, 1.165) is 76.1 Å². The molecule has 0 heterocycles. The topological polar surface area (TPSA) is 77.3 Å². The third-order valence-electron chi connectivity index (χ3n) is 7.34. The quantitative estimate of drug-likeness (QED) is 0.164. The molecule has 0 aromatic heterocycles. The van der Waals surface area contributed by atoms with Gasteiger partial charge in [-0.3, -0.25) is 4.79 Å². The van der Waals surface area contributed by atoms with Gasteiger partial charge in [-0.15, -0.1) is 0 Å². The van der Waals surface area contributed by atoms with Crippen molar-refractivity contribution in [3.63, 3.8) is 0 Å². The molecule has 0 aliphatic heterocycles. The first-order valence-corrected chi connectivity index (χ1v) is 14.5. The maximum absolute atomic E-state index is 13.6. The van der Waals surface area contributed by atoms with E-state index in [1.165, 1.54) is 0 Å². The van der Waals surface area contributed by atoms with E-state index in [-0.39, 0.29) is 5.78 Å². The number of fused-ring (bicyclic) bond motifs is 3. The lowest BCUT2D eigenvalue weighted by molar-refractivity contribution is 0.104. The fourth-order valence-electron chi connectivity index (χ4n) is 4.95. The van der Waals surface area contributed by atoms with E-state index in [1.54, 1.807) is 0 Å². The number of unbranched alkanes of at least 4 members (excludes halogenated alkanes) is 1. The van der Waals surface area contributed by atoms with Crippen molar-refractivity contribution in [2.45, 2.75) is 60.3 Å². The minimum Gasteiger partial charge on any atom is -0.493 e. The molecule has 210 valence electrons. The molecule has 2 N–H and O–H groups in total. The predicted octanol–water partition coefficient (Wildman–Crippen LogP) is 5.88. The molecule has 0 spiro atoms. The summed E-state index contributed by atoms with van der Waals surface area (Å²) in [6.07, 6.45) is 3.73. The van der Waals surface area contributed by atoms with Crippen molar-refractivity contribution in [2.75, 3.05) is 64.8 Å². The van der Waals surface area contributed by atoms with Gasteiger partial charge in [-0.2, -0.15) is 0 Å². The second-order valence-corrected chi connectivity index (χ2v) is 9.70. The van der Waals surface area contributed by atoms with Gasteiger partial charge in [0, 0.05) is 35.8 Å². The van der Waals surface area contributed by atoms with Crippen molar-refractivity contribution in [1.82, 2.24) is 9.80 Å². The zero-order valence-corrected chi connectivity index (χ0v) is 24.1. The smallest absolute Gasteiger partial charge is 0.196 e. The van der Waals surface area contributed by atoms with Crippen molar-refractivity contribution in [2.24, 2.45) is 0 Å². The average Bonchev–Trinajstić information content (AvgIpc) is 3.24. The van der Waals surface area contributed by atoms with Gasteiger partial charge >= 0.3 is 0 Å². The summed E-state index contributed by atoms with van der Waals surface area (Å²) in [7, 11) is 0. The van der Waals surface area contributed by atoms with E-state index in [0.29, 0.717) is 53.9 Å². The SMILES string of the molecule is CCCCOc1cc(OCCCN(CC)CC)c(N)c2c1-c1c(OCCCN(CC)CC)cccc1C2=O. The van der Waals surface area contributed by atoms with E-state index < -0.39 is 0 Å². The molecule has 0 atom stereocenters. The summed E-state index contributed by atoms with van der Waals surface area (Å²) < 4.78 is 18.6. The molecule has 3 rings (SSSR count). The highest BCUT2D eigenvalue weighted by Gasteiger charge is 2.36. The molecule has 0 bridgehead atoms. The lowest BCUT2D eigenvalue weighted by atomic mass is 10.0. The van der Waals surface area contributed by atoms with Crippen LogP contribution in [0.3, 0.4) is 0 Å². The van der Waals surface area contributed by atoms with Gasteiger partial charge in [-0.1, -0.05) is 53.2 Å². The Labute approximate surface area is 229 Å². The Balaban J connectivity index is 1.89. The maximum atomic E-state index is 13.6. The first-order chi connectivity index (χ1) is 18.5. The number of hydrogen-bond donors (Lipinski definition) is 1. The Morgan fingerprint density at radius 1 is 0.684 bits per heavy atom. The molecular weight excluding hydrogens is 478 g/mol. The Hall–Kier alpha value is -2.77. The van der Waals surface area contributed by atoms with Crippen LogP contribution in [0, 0.1) is 0 Å². The molecule has 38 heavy (non-hydrogen) atoms. The van der Waals surface area contributed by atoms with E-state index in [2.05, 4.69) is 44.4 Å². The van der Waals surface area contributed by atoms with Crippen LogP contribution in [0.5, 0.6) is 17.2 Å². The lowest BCUT2D eigenvalue weighted by Crippen LogP contribution is -2.25. The largest absolute Gasteiger partial charge is 0.493 e. The molecular formula is C31H47N3O4. The van der Waals surface area contributed by atoms with Gasteiger partial charge in [0.15, 0.2) is 5.78 Å². The number of benzene rings is 2. The predicted molar refractivity (Wildman–Crippen MR) is 156 cm³/mol. The van der Waals surface area contributed by atoms with E-state index in [9.17, 15) is 4.79 Å². The molecule has 0 radical (unpaired) electrons. The van der Waals surface area contributed by atoms with Crippen LogP contribution in [0.2, 0.25) is 0 Å². The van der Waals surface area contributed by atoms with Gasteiger partial charge in [0.25, 0.3) is 0 Å². The second kappa shape index (κ2) is 15.0. The van der Waals surface area contributed by atoms with Gasteiger partial charge in [0.2, 0.25) is 0 Å². The number of rotatable bonds is 18. The molecule has 0 fully saturated rings. The molecule has 1 aliphatic rings. The van der Waals surface area contributed by atoms with Crippen molar-refractivity contribution in [1.29, 1.82) is 0 Å². The highest BCUT2D eigenvalue weighted by atomic mass is 16.5. The van der Waals surface area contributed by atoms with Crippen LogP contribution in [0.4, 0.5) is 5.69 Å². The molecule has 7 nitrogen and oxygen atoms in total.